The molecule has 0 aliphatic carbocycles. The lowest BCUT2D eigenvalue weighted by Crippen LogP contribution is -2.55. The van der Waals surface area contributed by atoms with Gasteiger partial charge in [0.25, 0.3) is 0 Å². The number of anilines is 6. The molecule has 2 aromatic heterocycles. The number of imide groups is 1. The maximum absolute atomic E-state index is 13.7. The molecule has 358 valence electrons. The van der Waals surface area contributed by atoms with Gasteiger partial charge in [0.05, 0.1) is 33.9 Å². The highest BCUT2D eigenvalue weighted by Crippen LogP contribution is 2.45. The molecule has 3 N–H and O–H groups in total. The van der Waals surface area contributed by atoms with Gasteiger partial charge in [-0.15, -0.1) is 0 Å². The first kappa shape index (κ1) is 47.6. The van der Waals surface area contributed by atoms with Gasteiger partial charge in [-0.2, -0.15) is 4.98 Å². The molecule has 6 heterocycles. The number of hydrogen-bond acceptors (Lipinski definition) is 13. The molecule has 4 aliphatic heterocycles. The number of aromatic nitrogens is 3. The maximum atomic E-state index is 13.7. The molecule has 3 aromatic carbocycles. The molecule has 68 heavy (non-hydrogen) atoms. The number of rotatable bonds is 13. The third-order valence-electron chi connectivity index (χ3n) is 14.3. The molecule has 0 bridgehead atoms. The number of carbonyl (C=O) groups is 3. The topological polar surface area (TPSA) is 165 Å². The van der Waals surface area contributed by atoms with Gasteiger partial charge in [0.1, 0.15) is 24.8 Å². The van der Waals surface area contributed by atoms with Crippen LogP contribution in [0.25, 0.3) is 10.9 Å². The normalized spacial score (nSPS) is 19.4. The number of pyridine rings is 1. The van der Waals surface area contributed by atoms with E-state index >= 15 is 0 Å². The fourth-order valence-corrected chi connectivity index (χ4v) is 12.3. The third-order valence-corrected chi connectivity index (χ3v) is 16.4. The highest BCUT2D eigenvalue weighted by molar-refractivity contribution is 9.10. The maximum Gasteiger partial charge on any atom is 0.249 e. The van der Waals surface area contributed by atoms with E-state index in [9.17, 15) is 18.9 Å². The van der Waals surface area contributed by atoms with Crippen molar-refractivity contribution in [2.24, 2.45) is 0 Å². The van der Waals surface area contributed by atoms with Crippen molar-refractivity contribution in [1.29, 1.82) is 0 Å². The van der Waals surface area contributed by atoms with Gasteiger partial charge in [-0.05, 0) is 129 Å². The zero-order valence-corrected chi connectivity index (χ0v) is 42.6. The van der Waals surface area contributed by atoms with Crippen molar-refractivity contribution in [3.05, 3.63) is 87.7 Å². The minimum absolute atomic E-state index is 0.0944. The van der Waals surface area contributed by atoms with Crippen LogP contribution in [0.1, 0.15) is 68.8 Å². The van der Waals surface area contributed by atoms with E-state index in [1.807, 2.05) is 51.1 Å². The average molecular weight is 1010 g/mol. The van der Waals surface area contributed by atoms with Crippen LogP contribution in [-0.4, -0.2) is 121 Å². The van der Waals surface area contributed by atoms with Gasteiger partial charge < -0.3 is 29.7 Å². The van der Waals surface area contributed by atoms with E-state index in [4.69, 9.17) is 9.72 Å². The van der Waals surface area contributed by atoms with Crippen LogP contribution in [0, 0.1) is 6.92 Å². The fraction of sp³-hybridized carbons (Fsp3) is 0.451. The van der Waals surface area contributed by atoms with Gasteiger partial charge in [0.15, 0.2) is 0 Å². The van der Waals surface area contributed by atoms with Crippen LogP contribution in [0.15, 0.2) is 65.3 Å². The molecule has 3 fully saturated rings. The van der Waals surface area contributed by atoms with E-state index in [0.29, 0.717) is 40.1 Å². The first-order valence-electron chi connectivity index (χ1n) is 23.8. The van der Waals surface area contributed by atoms with Crippen molar-refractivity contribution in [3.63, 3.8) is 0 Å². The lowest BCUT2D eigenvalue weighted by molar-refractivity contribution is -0.136. The minimum atomic E-state index is -2.73. The Morgan fingerprint density at radius 1 is 0.897 bits per heavy atom. The van der Waals surface area contributed by atoms with Crippen LogP contribution in [-0.2, 0) is 37.2 Å². The Bertz CT molecular complexity index is 2840. The van der Waals surface area contributed by atoms with E-state index < -0.39 is 24.5 Å². The van der Waals surface area contributed by atoms with Gasteiger partial charge in [-0.25, -0.2) is 4.98 Å². The number of ether oxygens (including phenoxy) is 1. The molecule has 3 saturated heterocycles. The molecule has 0 radical (unpaired) electrons. The fourth-order valence-electron chi connectivity index (χ4n) is 10.5. The SMILES string of the molecule is CCc1cc(Nc2ncc(Br)c(Nc3ccc4nc(C)ccc4c3P(C)(C)=O)n2)c(OC)cc1N1CCC(N2CCN(CCc3ccc4c(c3)C(C)(C)C(=O)N4C3CCC(=O)NC3=O)CC2)CC1. The summed E-state index contributed by atoms with van der Waals surface area (Å²) in [6, 6.07) is 18.2. The first-order valence-corrected chi connectivity index (χ1v) is 27.2. The van der Waals surface area contributed by atoms with Gasteiger partial charge in [-0.3, -0.25) is 34.5 Å². The van der Waals surface area contributed by atoms with Crippen molar-refractivity contribution in [3.8, 4) is 5.75 Å². The summed E-state index contributed by atoms with van der Waals surface area (Å²) in [6.45, 7) is 18.5. The number of halogens is 1. The Labute approximate surface area is 407 Å². The second kappa shape index (κ2) is 19.2. The van der Waals surface area contributed by atoms with Crippen LogP contribution < -0.4 is 35.8 Å². The Balaban J connectivity index is 0.802. The minimum Gasteiger partial charge on any atom is -0.494 e. The Morgan fingerprint density at radius 2 is 1.66 bits per heavy atom. The Hall–Kier alpha value is -5.41. The van der Waals surface area contributed by atoms with E-state index in [-0.39, 0.29) is 18.2 Å². The number of amides is 3. The summed E-state index contributed by atoms with van der Waals surface area (Å²) in [6.07, 6.45) is 6.19. The molecule has 15 nitrogen and oxygen atoms in total. The summed E-state index contributed by atoms with van der Waals surface area (Å²) in [7, 11) is -1.04. The smallest absolute Gasteiger partial charge is 0.249 e. The van der Waals surface area contributed by atoms with Gasteiger partial charge in [0, 0.05) is 98.3 Å². The first-order chi connectivity index (χ1) is 32.5. The monoisotopic (exact) mass is 1000 g/mol. The van der Waals surface area contributed by atoms with Crippen molar-refractivity contribution < 1.29 is 23.7 Å². The van der Waals surface area contributed by atoms with Crippen LogP contribution >= 0.6 is 23.1 Å². The molecular weight excluding hydrogens is 944 g/mol. The predicted molar refractivity (Wildman–Crippen MR) is 274 cm³/mol. The number of fused-ring (bicyclic) bond motifs is 2. The predicted octanol–water partition coefficient (Wildman–Crippen LogP) is 7.66. The van der Waals surface area contributed by atoms with Crippen molar-refractivity contribution in [2.75, 3.05) is 86.7 Å². The molecule has 3 amide bonds. The third kappa shape index (κ3) is 9.49. The lowest BCUT2D eigenvalue weighted by atomic mass is 9.85. The molecule has 9 rings (SSSR count). The number of nitrogens with zero attached hydrogens (tertiary/aromatic N) is 7. The summed E-state index contributed by atoms with van der Waals surface area (Å²) in [5.41, 5.74) is 7.76. The summed E-state index contributed by atoms with van der Waals surface area (Å²) < 4.78 is 20.3. The number of hydrogen-bond donors (Lipinski definition) is 3. The van der Waals surface area contributed by atoms with Gasteiger partial charge >= 0.3 is 0 Å². The number of piperidine rings is 2. The number of methoxy groups -OCH3 is 1. The van der Waals surface area contributed by atoms with Crippen molar-refractivity contribution in [1.82, 2.24) is 30.1 Å². The summed E-state index contributed by atoms with van der Waals surface area (Å²) >= 11 is 3.63. The quantitative estimate of drug-likeness (QED) is 0.0779. The highest BCUT2D eigenvalue weighted by Gasteiger charge is 2.49. The number of carbonyl (C=O) groups excluding carboxylic acids is 3. The van der Waals surface area contributed by atoms with E-state index in [0.717, 1.165) is 110 Å². The molecule has 0 saturated carbocycles. The zero-order valence-electron chi connectivity index (χ0n) is 40.1. The summed E-state index contributed by atoms with van der Waals surface area (Å²) in [4.78, 5) is 61.7. The van der Waals surface area contributed by atoms with Crippen molar-refractivity contribution in [2.45, 2.75) is 83.7 Å². The molecule has 0 spiro atoms. The lowest BCUT2D eigenvalue weighted by Gasteiger charge is -2.43. The van der Waals surface area contributed by atoms with Crippen LogP contribution in [0.5, 0.6) is 5.75 Å². The summed E-state index contributed by atoms with van der Waals surface area (Å²) in [5, 5.41) is 10.9. The van der Waals surface area contributed by atoms with E-state index in [1.165, 1.54) is 16.8 Å². The molecule has 17 heteroatoms. The number of benzene rings is 3. The second-order valence-electron chi connectivity index (χ2n) is 19.5. The van der Waals surface area contributed by atoms with E-state index in [2.05, 4.69) is 87.7 Å². The Kier molecular flexibility index (Phi) is 13.4. The summed E-state index contributed by atoms with van der Waals surface area (Å²) in [5.74, 6) is 0.861. The molecule has 5 aromatic rings. The number of piperazine rings is 1. The Morgan fingerprint density at radius 3 is 2.37 bits per heavy atom. The van der Waals surface area contributed by atoms with Gasteiger partial charge in [-0.1, -0.05) is 25.1 Å². The van der Waals surface area contributed by atoms with E-state index in [1.54, 1.807) is 31.5 Å². The second-order valence-corrected chi connectivity index (χ2v) is 23.5. The average Bonchev–Trinajstić information content (AvgIpc) is 3.51. The molecule has 1 unspecified atom stereocenters. The van der Waals surface area contributed by atoms with Crippen molar-refractivity contribution >= 4 is 91.5 Å². The molecular formula is C51H62BrN10O5P. The van der Waals surface area contributed by atoms with Crippen LogP contribution in [0.3, 0.4) is 0 Å². The molecule has 4 aliphatic rings. The number of nitrogens with one attached hydrogen (secondary N) is 3. The zero-order chi connectivity index (χ0) is 48.1. The number of aryl methyl sites for hydroxylation is 2. The van der Waals surface area contributed by atoms with Gasteiger partial charge in [0.2, 0.25) is 23.7 Å². The standard InChI is InChI=1S/C51H62BrN10O5P/c1-8-33-28-40(56-50-53-30-37(52)47(58-50)55-39-13-12-38-35(11-9-31(2)54-38)46(39)68(6,7)66)44(67-5)29-43(33)61-21-18-34(19-22-61)60-25-23-59(24-26-60)20-17-32-10-14-41-36(27-32)51(3,4)49(65)62(41)42-15-16-45(63)57-48(42)64/h9-14,27-30,34,42H,8,15-26H2,1-7H3,(H,57,63,64)(H2,53,55,56,58). The molecule has 1 atom stereocenters. The highest BCUT2D eigenvalue weighted by atomic mass is 79.9. The van der Waals surface area contributed by atoms with Crippen LogP contribution in [0.2, 0.25) is 0 Å². The van der Waals surface area contributed by atoms with Crippen LogP contribution in [0.4, 0.5) is 34.5 Å². The largest absolute Gasteiger partial charge is 0.494 e.